The fraction of sp³-hybridized carbons (Fsp3) is 0.0312. The van der Waals surface area contributed by atoms with E-state index in [0.29, 0.717) is 14.5 Å². The molecule has 164 valence electrons. The first-order chi connectivity index (χ1) is 17.4. The summed E-state index contributed by atoms with van der Waals surface area (Å²) in [5.74, 6) is 0. The third-order valence-electron chi connectivity index (χ3n) is 7.29. The normalized spacial score (nSPS) is 13.2. The summed E-state index contributed by atoms with van der Waals surface area (Å²) in [6.45, 7) is 0. The summed E-state index contributed by atoms with van der Waals surface area (Å²) in [7, 11) is 0. The molecule has 0 unspecified atom stereocenters. The van der Waals surface area contributed by atoms with E-state index in [4.69, 9.17) is 0 Å². The first-order valence-electron chi connectivity index (χ1n) is 12.0. The van der Waals surface area contributed by atoms with Gasteiger partial charge in [-0.1, -0.05) is 0 Å². The Hall–Kier alpha value is -3.91. The molecule has 2 nitrogen and oxygen atoms in total. The van der Waals surface area contributed by atoms with Gasteiger partial charge in [-0.05, 0) is 0 Å². The Morgan fingerprint density at radius 1 is 0.629 bits per heavy atom. The van der Waals surface area contributed by atoms with Crippen LogP contribution < -0.4 is 4.58 Å². The zero-order chi connectivity index (χ0) is 22.9. The second-order valence-electron chi connectivity index (χ2n) is 9.16. The van der Waals surface area contributed by atoms with Gasteiger partial charge in [0.25, 0.3) is 0 Å². The fourth-order valence-electron chi connectivity index (χ4n) is 5.80. The van der Waals surface area contributed by atoms with Crippen molar-refractivity contribution in [3.8, 4) is 5.69 Å². The van der Waals surface area contributed by atoms with Gasteiger partial charge in [-0.25, -0.2) is 0 Å². The van der Waals surface area contributed by atoms with Crippen LogP contribution in [0.4, 0.5) is 11.4 Å². The number of benzene rings is 5. The second-order valence-corrected chi connectivity index (χ2v) is 11.4. The average molecular weight is 512 g/mol. The average Bonchev–Trinajstić information content (AvgIpc) is 3.60. The van der Waals surface area contributed by atoms with Crippen molar-refractivity contribution in [2.75, 3.05) is 0 Å². The molecule has 5 aromatic carbocycles. The first-order valence-corrected chi connectivity index (χ1v) is 13.7. The minimum absolute atomic E-state index is 0.311. The van der Waals surface area contributed by atoms with Crippen LogP contribution in [0.25, 0.3) is 46.8 Å². The molecule has 0 saturated heterocycles. The van der Waals surface area contributed by atoms with Crippen molar-refractivity contribution in [1.82, 2.24) is 9.14 Å². The van der Waals surface area contributed by atoms with Gasteiger partial charge in [0.15, 0.2) is 0 Å². The third-order valence-corrected chi connectivity index (χ3v) is 9.82. The van der Waals surface area contributed by atoms with E-state index in [2.05, 4.69) is 125 Å². The van der Waals surface area contributed by atoms with Crippen LogP contribution in [0.1, 0.15) is 5.56 Å². The van der Waals surface area contributed by atoms with Crippen LogP contribution in [0, 0.1) is 0 Å². The summed E-state index contributed by atoms with van der Waals surface area (Å²) in [6.07, 6.45) is 3.34. The Morgan fingerprint density at radius 3 is 2.31 bits per heavy atom. The molecule has 3 heterocycles. The maximum absolute atomic E-state index is 2.49. The molecule has 0 saturated carbocycles. The molecule has 0 fully saturated rings. The predicted octanol–water partition coefficient (Wildman–Crippen LogP) is 7.61. The molecule has 7 aromatic rings. The van der Waals surface area contributed by atoms with Crippen LogP contribution in [-0.4, -0.2) is 25.3 Å². The molecule has 0 bridgehead atoms. The predicted molar refractivity (Wildman–Crippen MR) is 150 cm³/mol. The van der Waals surface area contributed by atoms with Crippen molar-refractivity contribution in [2.45, 2.75) is 6.42 Å². The standard InChI is InChI=1S/C32H21N2Se/c1-2-9-22(10-3-1)34-26-14-6-4-12-25(26)30-27(34)18-17-21-19-20-33(31(21)30)28-15-8-13-24-23-11-5-7-16-29(23)35-32(24)28/h1-18,20H,19H2/q+1. The summed E-state index contributed by atoms with van der Waals surface area (Å²) in [5.41, 5.74) is 7.79. The Kier molecular flexibility index (Phi) is 4.04. The van der Waals surface area contributed by atoms with Gasteiger partial charge in [0.1, 0.15) is 0 Å². The monoisotopic (exact) mass is 513 g/mol. The van der Waals surface area contributed by atoms with E-state index >= 15 is 0 Å². The molecule has 35 heavy (non-hydrogen) atoms. The zero-order valence-corrected chi connectivity index (χ0v) is 20.7. The van der Waals surface area contributed by atoms with Crippen LogP contribution >= 0.6 is 0 Å². The number of aromatic nitrogens is 1. The summed E-state index contributed by atoms with van der Waals surface area (Å²) in [5, 5.41) is 5.46. The number of fused-ring (bicyclic) bond motifs is 8. The van der Waals surface area contributed by atoms with Crippen molar-refractivity contribution >= 4 is 73.2 Å². The molecule has 1 aliphatic heterocycles. The van der Waals surface area contributed by atoms with E-state index in [1.807, 2.05) is 0 Å². The molecule has 3 heteroatoms. The summed E-state index contributed by atoms with van der Waals surface area (Å²) >= 11 is 0.311. The van der Waals surface area contributed by atoms with E-state index in [1.54, 1.807) is 0 Å². The zero-order valence-electron chi connectivity index (χ0n) is 19.0. The van der Waals surface area contributed by atoms with Gasteiger partial charge in [-0.3, -0.25) is 0 Å². The molecule has 0 spiro atoms. The molecule has 0 aliphatic carbocycles. The van der Waals surface area contributed by atoms with Crippen molar-refractivity contribution in [3.05, 3.63) is 115 Å². The van der Waals surface area contributed by atoms with E-state index in [-0.39, 0.29) is 0 Å². The topological polar surface area (TPSA) is 7.94 Å². The van der Waals surface area contributed by atoms with Gasteiger partial charge >= 0.3 is 209 Å². The number of hydrogen-bond donors (Lipinski definition) is 0. The van der Waals surface area contributed by atoms with E-state index < -0.39 is 0 Å². The third kappa shape index (κ3) is 2.68. The molecule has 0 N–H and O–H groups in total. The molecule has 0 radical (unpaired) electrons. The molecule has 2 aromatic heterocycles. The molecule has 1 aliphatic rings. The van der Waals surface area contributed by atoms with Crippen molar-refractivity contribution in [1.29, 1.82) is 0 Å². The maximum atomic E-state index is 2.49. The van der Waals surface area contributed by atoms with Crippen molar-refractivity contribution < 1.29 is 0 Å². The van der Waals surface area contributed by atoms with Gasteiger partial charge in [-0.2, -0.15) is 0 Å². The molecular formula is C32H21N2Se+. The SMILES string of the molecule is C1=[N+](c2cccc3c2[se]c2ccccc23)c2c(ccc3c2c2ccccc2n3-c2ccccc2)C1. The van der Waals surface area contributed by atoms with Crippen molar-refractivity contribution in [2.24, 2.45) is 0 Å². The summed E-state index contributed by atoms with van der Waals surface area (Å²) in [6, 6.07) is 40.0. The van der Waals surface area contributed by atoms with Gasteiger partial charge in [0.2, 0.25) is 0 Å². The van der Waals surface area contributed by atoms with E-state index in [1.165, 1.54) is 63.7 Å². The van der Waals surface area contributed by atoms with Crippen molar-refractivity contribution in [3.63, 3.8) is 0 Å². The first kappa shape index (κ1) is 19.4. The number of para-hydroxylation sites is 2. The van der Waals surface area contributed by atoms with Crippen LogP contribution in [0.2, 0.25) is 0 Å². The van der Waals surface area contributed by atoms with Gasteiger partial charge in [0.05, 0.1) is 0 Å². The van der Waals surface area contributed by atoms with Gasteiger partial charge in [0, 0.05) is 0 Å². The quantitative estimate of drug-likeness (QED) is 0.166. The Morgan fingerprint density at radius 2 is 1.40 bits per heavy atom. The Bertz CT molecular complexity index is 1970. The molecule has 0 atom stereocenters. The van der Waals surface area contributed by atoms with E-state index in [9.17, 15) is 0 Å². The van der Waals surface area contributed by atoms with Crippen LogP contribution in [0.3, 0.4) is 0 Å². The Balaban J connectivity index is 1.47. The number of hydrogen-bond acceptors (Lipinski definition) is 0. The van der Waals surface area contributed by atoms with Gasteiger partial charge in [-0.15, -0.1) is 0 Å². The van der Waals surface area contributed by atoms with E-state index in [0.717, 1.165) is 6.42 Å². The number of rotatable bonds is 2. The summed E-state index contributed by atoms with van der Waals surface area (Å²) in [4.78, 5) is 0. The summed E-state index contributed by atoms with van der Waals surface area (Å²) < 4.78 is 7.89. The molecule has 8 rings (SSSR count). The van der Waals surface area contributed by atoms with Gasteiger partial charge < -0.3 is 0 Å². The second kappa shape index (κ2) is 7.29. The van der Waals surface area contributed by atoms with Crippen LogP contribution in [-0.2, 0) is 6.42 Å². The number of nitrogens with zero attached hydrogens (tertiary/aromatic N) is 2. The molecular weight excluding hydrogens is 491 g/mol. The molecule has 0 amide bonds. The Labute approximate surface area is 208 Å². The van der Waals surface area contributed by atoms with Crippen LogP contribution in [0.5, 0.6) is 0 Å². The minimum atomic E-state index is 0.311. The van der Waals surface area contributed by atoms with Crippen LogP contribution in [0.15, 0.2) is 109 Å². The fourth-order valence-corrected chi connectivity index (χ4v) is 8.35.